The van der Waals surface area contributed by atoms with Gasteiger partial charge in [-0.1, -0.05) is 60.7 Å². The number of carbonyl (C=O) groups excluding carboxylic acids is 1. The Balaban J connectivity index is 1.64. The fourth-order valence-corrected chi connectivity index (χ4v) is 4.15. The van der Waals surface area contributed by atoms with Crippen LogP contribution in [0.4, 0.5) is 5.69 Å². The molecule has 0 spiro atoms. The van der Waals surface area contributed by atoms with Crippen LogP contribution in [0.2, 0.25) is 0 Å². The third kappa shape index (κ3) is 2.49. The van der Waals surface area contributed by atoms with Gasteiger partial charge in [0.2, 0.25) is 0 Å². The summed E-state index contributed by atoms with van der Waals surface area (Å²) in [6, 6.07) is 23.7. The maximum atomic E-state index is 13.5. The maximum absolute atomic E-state index is 13.5. The molecule has 2 aliphatic heterocycles. The van der Waals surface area contributed by atoms with Gasteiger partial charge >= 0.3 is 0 Å². The standard InChI is InChI=1S/C24H20N2O2/c1-15-12-13-21-19(14-15)23(18-10-6-7-11-20(18)28-21)22-16(2)25-26(24(22)27)17-8-4-3-5-9-17/h3-14,22-23,25H,2H2,1H3. The van der Waals surface area contributed by atoms with E-state index in [0.29, 0.717) is 5.70 Å². The van der Waals surface area contributed by atoms with Gasteiger partial charge in [0.25, 0.3) is 5.91 Å². The molecule has 0 bridgehead atoms. The number of para-hydroxylation sites is 2. The number of aryl methyl sites for hydroxylation is 1. The summed E-state index contributed by atoms with van der Waals surface area (Å²) in [6.45, 7) is 6.24. The number of fused-ring (bicyclic) bond motifs is 2. The molecule has 2 aliphatic rings. The molecule has 4 nitrogen and oxygen atoms in total. The zero-order chi connectivity index (χ0) is 19.3. The van der Waals surface area contributed by atoms with Crippen molar-refractivity contribution in [3.63, 3.8) is 0 Å². The number of rotatable bonds is 2. The third-order valence-corrected chi connectivity index (χ3v) is 5.44. The van der Waals surface area contributed by atoms with Crippen LogP contribution < -0.4 is 15.2 Å². The number of hydrazine groups is 1. The summed E-state index contributed by atoms with van der Waals surface area (Å²) >= 11 is 0. The summed E-state index contributed by atoms with van der Waals surface area (Å²) < 4.78 is 6.13. The molecule has 3 aromatic rings. The van der Waals surface area contributed by atoms with Crippen LogP contribution in [-0.4, -0.2) is 5.91 Å². The first kappa shape index (κ1) is 16.6. The molecule has 0 aliphatic carbocycles. The topological polar surface area (TPSA) is 41.6 Å². The van der Waals surface area contributed by atoms with E-state index < -0.39 is 5.92 Å². The van der Waals surface area contributed by atoms with E-state index in [0.717, 1.165) is 33.9 Å². The number of hydrogen-bond donors (Lipinski definition) is 1. The first-order valence-electron chi connectivity index (χ1n) is 9.35. The van der Waals surface area contributed by atoms with Crippen molar-refractivity contribution in [3.8, 4) is 11.5 Å². The van der Waals surface area contributed by atoms with Crippen molar-refractivity contribution in [1.82, 2.24) is 5.43 Å². The second-order valence-corrected chi connectivity index (χ2v) is 7.28. The van der Waals surface area contributed by atoms with Crippen molar-refractivity contribution in [2.24, 2.45) is 5.92 Å². The highest BCUT2D eigenvalue weighted by Gasteiger charge is 2.45. The highest BCUT2D eigenvalue weighted by Crippen LogP contribution is 2.50. The molecule has 1 N–H and O–H groups in total. The first-order valence-corrected chi connectivity index (χ1v) is 9.35. The van der Waals surface area contributed by atoms with Crippen LogP contribution in [0.5, 0.6) is 11.5 Å². The monoisotopic (exact) mass is 368 g/mol. The number of amides is 1. The normalized spacial score (nSPS) is 20.2. The van der Waals surface area contributed by atoms with Gasteiger partial charge in [-0.3, -0.25) is 10.2 Å². The van der Waals surface area contributed by atoms with Crippen LogP contribution >= 0.6 is 0 Å². The van der Waals surface area contributed by atoms with Gasteiger partial charge in [0, 0.05) is 22.7 Å². The van der Waals surface area contributed by atoms with E-state index in [2.05, 4.69) is 25.0 Å². The molecule has 0 saturated carbocycles. The molecule has 3 aromatic carbocycles. The van der Waals surface area contributed by atoms with Crippen molar-refractivity contribution in [1.29, 1.82) is 0 Å². The first-order chi connectivity index (χ1) is 13.6. The highest BCUT2D eigenvalue weighted by atomic mass is 16.5. The number of nitrogens with one attached hydrogen (secondary N) is 1. The van der Waals surface area contributed by atoms with E-state index >= 15 is 0 Å². The summed E-state index contributed by atoms with van der Waals surface area (Å²) in [5.74, 6) is 1.02. The summed E-state index contributed by atoms with van der Waals surface area (Å²) in [6.07, 6.45) is 0. The molecule has 28 heavy (non-hydrogen) atoms. The summed E-state index contributed by atoms with van der Waals surface area (Å²) in [5.41, 5.74) is 7.86. The molecule has 2 unspecified atom stereocenters. The van der Waals surface area contributed by atoms with Crippen LogP contribution in [0.3, 0.4) is 0 Å². The third-order valence-electron chi connectivity index (χ3n) is 5.44. The Labute approximate surface area is 164 Å². The maximum Gasteiger partial charge on any atom is 0.255 e. The fraction of sp³-hybridized carbons (Fsp3) is 0.125. The second-order valence-electron chi connectivity index (χ2n) is 7.28. The molecular weight excluding hydrogens is 348 g/mol. The van der Waals surface area contributed by atoms with Gasteiger partial charge in [0.15, 0.2) is 0 Å². The van der Waals surface area contributed by atoms with Gasteiger partial charge in [-0.25, -0.2) is 5.01 Å². The van der Waals surface area contributed by atoms with Gasteiger partial charge < -0.3 is 4.74 Å². The van der Waals surface area contributed by atoms with E-state index in [1.54, 1.807) is 5.01 Å². The van der Waals surface area contributed by atoms with Crippen molar-refractivity contribution >= 4 is 11.6 Å². The van der Waals surface area contributed by atoms with E-state index in [-0.39, 0.29) is 11.8 Å². The number of nitrogens with zero attached hydrogens (tertiary/aromatic N) is 1. The zero-order valence-corrected chi connectivity index (χ0v) is 15.6. The van der Waals surface area contributed by atoms with Crippen molar-refractivity contribution in [3.05, 3.63) is 102 Å². The summed E-state index contributed by atoms with van der Waals surface area (Å²) in [7, 11) is 0. The molecule has 4 heteroatoms. The number of carbonyl (C=O) groups is 1. The predicted molar refractivity (Wildman–Crippen MR) is 109 cm³/mol. The largest absolute Gasteiger partial charge is 0.457 e. The van der Waals surface area contributed by atoms with E-state index in [1.807, 2.05) is 66.7 Å². The molecule has 138 valence electrons. The molecule has 1 amide bonds. The zero-order valence-electron chi connectivity index (χ0n) is 15.6. The van der Waals surface area contributed by atoms with E-state index in [4.69, 9.17) is 4.74 Å². The molecular formula is C24H20N2O2. The van der Waals surface area contributed by atoms with Gasteiger partial charge in [-0.05, 0) is 31.2 Å². The minimum Gasteiger partial charge on any atom is -0.457 e. The molecule has 0 aromatic heterocycles. The molecule has 2 heterocycles. The van der Waals surface area contributed by atoms with Crippen LogP contribution in [0.1, 0.15) is 22.6 Å². The van der Waals surface area contributed by atoms with Crippen molar-refractivity contribution in [2.45, 2.75) is 12.8 Å². The average Bonchev–Trinajstić information content (AvgIpc) is 3.01. The van der Waals surface area contributed by atoms with Crippen LogP contribution in [0.25, 0.3) is 0 Å². The van der Waals surface area contributed by atoms with Gasteiger partial charge in [-0.2, -0.15) is 0 Å². The minimum atomic E-state index is -0.411. The molecule has 2 atom stereocenters. The quantitative estimate of drug-likeness (QED) is 0.698. The highest BCUT2D eigenvalue weighted by molar-refractivity contribution is 6.00. The Hall–Kier alpha value is -3.53. The summed E-state index contributed by atoms with van der Waals surface area (Å²) in [5, 5.41) is 1.60. The minimum absolute atomic E-state index is 0.00893. The van der Waals surface area contributed by atoms with Crippen molar-refractivity contribution < 1.29 is 9.53 Å². The van der Waals surface area contributed by atoms with E-state index in [9.17, 15) is 4.79 Å². The number of benzene rings is 3. The smallest absolute Gasteiger partial charge is 0.255 e. The van der Waals surface area contributed by atoms with Gasteiger partial charge in [-0.15, -0.1) is 0 Å². The number of ether oxygens (including phenoxy) is 1. The Morgan fingerprint density at radius 1 is 0.893 bits per heavy atom. The van der Waals surface area contributed by atoms with Crippen molar-refractivity contribution in [2.75, 3.05) is 5.01 Å². The Kier molecular flexibility index (Phi) is 3.72. The Bertz CT molecular complexity index is 1090. The Morgan fingerprint density at radius 2 is 1.61 bits per heavy atom. The average molecular weight is 368 g/mol. The lowest BCUT2D eigenvalue weighted by molar-refractivity contribution is -0.120. The van der Waals surface area contributed by atoms with E-state index in [1.165, 1.54) is 0 Å². The lowest BCUT2D eigenvalue weighted by Crippen LogP contribution is -2.35. The molecule has 5 rings (SSSR count). The Morgan fingerprint density at radius 3 is 2.43 bits per heavy atom. The molecule has 1 fully saturated rings. The second kappa shape index (κ2) is 6.27. The van der Waals surface area contributed by atoms with Crippen LogP contribution in [0.15, 0.2) is 85.1 Å². The van der Waals surface area contributed by atoms with Crippen LogP contribution in [0, 0.1) is 12.8 Å². The summed E-state index contributed by atoms with van der Waals surface area (Å²) in [4.78, 5) is 13.5. The van der Waals surface area contributed by atoms with Gasteiger partial charge in [0.05, 0.1) is 11.6 Å². The van der Waals surface area contributed by atoms with Crippen LogP contribution in [-0.2, 0) is 4.79 Å². The number of hydrogen-bond acceptors (Lipinski definition) is 3. The SMILES string of the molecule is C=C1NN(c2ccccc2)C(=O)C1C1c2ccccc2Oc2ccc(C)cc21. The lowest BCUT2D eigenvalue weighted by atomic mass is 9.77. The van der Waals surface area contributed by atoms with Gasteiger partial charge in [0.1, 0.15) is 11.5 Å². The number of anilines is 1. The lowest BCUT2D eigenvalue weighted by Gasteiger charge is -2.31. The molecule has 1 saturated heterocycles. The molecule has 0 radical (unpaired) electrons. The predicted octanol–water partition coefficient (Wildman–Crippen LogP) is 4.91. The fourth-order valence-electron chi connectivity index (χ4n) is 4.15.